The summed E-state index contributed by atoms with van der Waals surface area (Å²) in [5.74, 6) is 0.817. The van der Waals surface area contributed by atoms with Gasteiger partial charge in [0.1, 0.15) is 5.56 Å². The van der Waals surface area contributed by atoms with Gasteiger partial charge in [0.2, 0.25) is 0 Å². The lowest BCUT2D eigenvalue weighted by molar-refractivity contribution is -0.384. The molecule has 1 atom stereocenters. The van der Waals surface area contributed by atoms with Crippen molar-refractivity contribution in [3.8, 4) is 11.5 Å². The van der Waals surface area contributed by atoms with Crippen LogP contribution >= 0.6 is 11.6 Å². The summed E-state index contributed by atoms with van der Waals surface area (Å²) >= 11 is 6.06. The van der Waals surface area contributed by atoms with Crippen molar-refractivity contribution in [1.29, 1.82) is 0 Å². The Morgan fingerprint density at radius 2 is 2.33 bits per heavy atom. The van der Waals surface area contributed by atoms with Gasteiger partial charge in [-0.3, -0.25) is 10.1 Å². The summed E-state index contributed by atoms with van der Waals surface area (Å²) in [6.07, 6.45) is 2.01. The number of hydrogen-bond donors (Lipinski definition) is 1. The highest BCUT2D eigenvalue weighted by Crippen LogP contribution is 2.36. The molecular formula is C13H13ClN4O3. The van der Waals surface area contributed by atoms with Crippen molar-refractivity contribution in [2.75, 3.05) is 13.1 Å². The molecule has 0 radical (unpaired) electrons. The molecule has 1 unspecified atom stereocenters. The predicted octanol–water partition coefficient (Wildman–Crippen LogP) is 2.77. The van der Waals surface area contributed by atoms with E-state index in [1.807, 2.05) is 0 Å². The summed E-state index contributed by atoms with van der Waals surface area (Å²) in [6, 6.07) is 4.45. The van der Waals surface area contributed by atoms with E-state index >= 15 is 0 Å². The quantitative estimate of drug-likeness (QED) is 0.692. The minimum Gasteiger partial charge on any atom is -0.334 e. The molecule has 2 heterocycles. The van der Waals surface area contributed by atoms with Crippen LogP contribution in [-0.2, 0) is 0 Å². The van der Waals surface area contributed by atoms with Crippen LogP contribution in [0.15, 0.2) is 22.7 Å². The van der Waals surface area contributed by atoms with E-state index in [1.165, 1.54) is 12.1 Å². The van der Waals surface area contributed by atoms with Crippen LogP contribution in [0.1, 0.15) is 24.6 Å². The molecule has 1 aromatic carbocycles. The normalized spacial score (nSPS) is 18.6. The number of hydrogen-bond acceptors (Lipinski definition) is 6. The number of piperidine rings is 1. The first-order valence-electron chi connectivity index (χ1n) is 6.64. The number of nitro groups is 1. The van der Waals surface area contributed by atoms with Crippen LogP contribution in [-0.4, -0.2) is 28.2 Å². The SMILES string of the molecule is O=[N+]([O-])c1cccc(Cl)c1-c1nc(C2CCCNC2)no1. The molecule has 0 bridgehead atoms. The number of rotatable bonds is 3. The van der Waals surface area contributed by atoms with Crippen LogP contribution in [0, 0.1) is 10.1 Å². The lowest BCUT2D eigenvalue weighted by Gasteiger charge is -2.19. The van der Waals surface area contributed by atoms with Crippen LogP contribution in [0.5, 0.6) is 0 Å². The zero-order chi connectivity index (χ0) is 14.8. The zero-order valence-corrected chi connectivity index (χ0v) is 11.8. The van der Waals surface area contributed by atoms with Crippen molar-refractivity contribution in [3.63, 3.8) is 0 Å². The molecule has 7 nitrogen and oxygen atoms in total. The second kappa shape index (κ2) is 5.79. The predicted molar refractivity (Wildman–Crippen MR) is 76.2 cm³/mol. The largest absolute Gasteiger partial charge is 0.334 e. The molecule has 0 aliphatic carbocycles. The highest BCUT2D eigenvalue weighted by Gasteiger charge is 2.26. The van der Waals surface area contributed by atoms with E-state index in [9.17, 15) is 10.1 Å². The zero-order valence-electron chi connectivity index (χ0n) is 11.1. The van der Waals surface area contributed by atoms with Crippen LogP contribution in [0.4, 0.5) is 5.69 Å². The van der Waals surface area contributed by atoms with Crippen molar-refractivity contribution >= 4 is 17.3 Å². The molecule has 1 fully saturated rings. The van der Waals surface area contributed by atoms with E-state index in [4.69, 9.17) is 16.1 Å². The second-order valence-electron chi connectivity index (χ2n) is 4.89. The van der Waals surface area contributed by atoms with Gasteiger partial charge in [0.05, 0.1) is 9.95 Å². The second-order valence-corrected chi connectivity index (χ2v) is 5.30. The molecule has 110 valence electrons. The molecule has 1 N–H and O–H groups in total. The Bertz CT molecular complexity index is 667. The Morgan fingerprint density at radius 1 is 1.48 bits per heavy atom. The van der Waals surface area contributed by atoms with Gasteiger partial charge in [-0.15, -0.1) is 0 Å². The lowest BCUT2D eigenvalue weighted by Crippen LogP contribution is -2.28. The Labute approximate surface area is 125 Å². The molecule has 8 heteroatoms. The Kier molecular flexibility index (Phi) is 3.85. The minimum absolute atomic E-state index is 0.0906. The average Bonchev–Trinajstić information content (AvgIpc) is 2.97. The molecule has 0 amide bonds. The molecule has 1 aliphatic heterocycles. The third kappa shape index (κ3) is 2.74. The molecule has 1 saturated heterocycles. The van der Waals surface area contributed by atoms with Crippen LogP contribution in [0.2, 0.25) is 5.02 Å². The van der Waals surface area contributed by atoms with Crippen molar-refractivity contribution in [2.24, 2.45) is 0 Å². The Balaban J connectivity index is 1.98. The third-order valence-electron chi connectivity index (χ3n) is 3.51. The van der Waals surface area contributed by atoms with Gasteiger partial charge in [0, 0.05) is 18.5 Å². The molecule has 21 heavy (non-hydrogen) atoms. The average molecular weight is 309 g/mol. The summed E-state index contributed by atoms with van der Waals surface area (Å²) in [5.41, 5.74) is 0.0335. The van der Waals surface area contributed by atoms with Gasteiger partial charge in [0.15, 0.2) is 5.82 Å². The van der Waals surface area contributed by atoms with Gasteiger partial charge in [-0.1, -0.05) is 22.8 Å². The van der Waals surface area contributed by atoms with Crippen LogP contribution in [0.3, 0.4) is 0 Å². The van der Waals surface area contributed by atoms with Crippen molar-refractivity contribution in [2.45, 2.75) is 18.8 Å². The maximum atomic E-state index is 11.1. The van der Waals surface area contributed by atoms with Crippen molar-refractivity contribution in [3.05, 3.63) is 39.2 Å². The summed E-state index contributed by atoms with van der Waals surface area (Å²) in [6.45, 7) is 1.76. The fourth-order valence-corrected chi connectivity index (χ4v) is 2.70. The smallest absolute Gasteiger partial charge is 0.283 e. The summed E-state index contributed by atoms with van der Waals surface area (Å²) in [4.78, 5) is 14.9. The molecule has 0 saturated carbocycles. The molecule has 0 spiro atoms. The van der Waals surface area contributed by atoms with E-state index in [0.717, 1.165) is 25.9 Å². The highest BCUT2D eigenvalue weighted by molar-refractivity contribution is 6.33. The van der Waals surface area contributed by atoms with Gasteiger partial charge in [-0.2, -0.15) is 4.98 Å². The van der Waals surface area contributed by atoms with E-state index in [0.29, 0.717) is 5.82 Å². The van der Waals surface area contributed by atoms with Gasteiger partial charge >= 0.3 is 0 Å². The monoisotopic (exact) mass is 308 g/mol. The number of halogens is 1. The first-order valence-corrected chi connectivity index (χ1v) is 7.02. The maximum Gasteiger partial charge on any atom is 0.283 e. The molecule has 3 rings (SSSR count). The fraction of sp³-hybridized carbons (Fsp3) is 0.385. The summed E-state index contributed by atoms with van der Waals surface area (Å²) in [7, 11) is 0. The molecule has 2 aromatic rings. The third-order valence-corrected chi connectivity index (χ3v) is 3.82. The first-order chi connectivity index (χ1) is 10.2. The number of nitrogens with zero attached hydrogens (tertiary/aromatic N) is 3. The van der Waals surface area contributed by atoms with Crippen molar-refractivity contribution in [1.82, 2.24) is 15.5 Å². The number of benzene rings is 1. The van der Waals surface area contributed by atoms with Crippen LogP contribution < -0.4 is 5.32 Å². The highest BCUT2D eigenvalue weighted by atomic mass is 35.5. The Hall–Kier alpha value is -1.99. The topological polar surface area (TPSA) is 94.1 Å². The lowest BCUT2D eigenvalue weighted by atomic mass is 9.99. The summed E-state index contributed by atoms with van der Waals surface area (Å²) < 4.78 is 5.20. The van der Waals surface area contributed by atoms with E-state index in [-0.39, 0.29) is 28.1 Å². The number of nitrogens with one attached hydrogen (secondary N) is 1. The fourth-order valence-electron chi connectivity index (χ4n) is 2.45. The first kappa shape index (κ1) is 14.0. The van der Waals surface area contributed by atoms with Crippen molar-refractivity contribution < 1.29 is 9.45 Å². The van der Waals surface area contributed by atoms with E-state index < -0.39 is 4.92 Å². The number of nitro benzene ring substituents is 1. The molecule has 1 aliphatic rings. The number of aromatic nitrogens is 2. The summed E-state index contributed by atoms with van der Waals surface area (Å²) in [5, 5.41) is 18.5. The van der Waals surface area contributed by atoms with Gasteiger partial charge in [0.25, 0.3) is 11.6 Å². The van der Waals surface area contributed by atoms with Crippen LogP contribution in [0.25, 0.3) is 11.5 Å². The molecular weight excluding hydrogens is 296 g/mol. The van der Waals surface area contributed by atoms with Gasteiger partial charge < -0.3 is 9.84 Å². The molecule has 1 aromatic heterocycles. The maximum absolute atomic E-state index is 11.1. The Morgan fingerprint density at radius 3 is 3.05 bits per heavy atom. The van der Waals surface area contributed by atoms with Gasteiger partial charge in [-0.05, 0) is 25.5 Å². The van der Waals surface area contributed by atoms with E-state index in [2.05, 4.69) is 15.5 Å². The van der Waals surface area contributed by atoms with Gasteiger partial charge in [-0.25, -0.2) is 0 Å². The van der Waals surface area contributed by atoms with E-state index in [1.54, 1.807) is 6.07 Å². The minimum atomic E-state index is -0.507. The standard InChI is InChI=1S/C13H13ClN4O3/c14-9-4-1-5-10(18(19)20)11(9)13-16-12(17-21-13)8-3-2-6-15-7-8/h1,4-5,8,15H,2-3,6-7H2.